The zero-order valence-electron chi connectivity index (χ0n) is 11.1. The summed E-state index contributed by atoms with van der Waals surface area (Å²) in [5.41, 5.74) is -0.644. The number of amides is 1. The Hall–Kier alpha value is -0.610. The number of hydrogen-bond donors (Lipinski definition) is 1. The van der Waals surface area contributed by atoms with Gasteiger partial charge in [0.1, 0.15) is 0 Å². The molecular weight excluding hydrogens is 218 g/mol. The molecule has 0 unspecified atom stereocenters. The maximum atomic E-state index is 11.8. The van der Waals surface area contributed by atoms with E-state index in [0.717, 1.165) is 32.1 Å². The van der Waals surface area contributed by atoms with Gasteiger partial charge in [-0.05, 0) is 19.3 Å². The predicted molar refractivity (Wildman–Crippen MR) is 66.8 cm³/mol. The Balaban J connectivity index is 2.22. The van der Waals surface area contributed by atoms with E-state index < -0.39 is 5.60 Å². The lowest BCUT2D eigenvalue weighted by atomic mass is 10.0. The van der Waals surface area contributed by atoms with Gasteiger partial charge in [-0.2, -0.15) is 0 Å². The highest BCUT2D eigenvalue weighted by Gasteiger charge is 2.33. The third-order valence-electron chi connectivity index (χ3n) is 3.30. The zero-order valence-corrected chi connectivity index (χ0v) is 11.1. The summed E-state index contributed by atoms with van der Waals surface area (Å²) in [7, 11) is 1.76. The molecule has 0 aromatic heterocycles. The van der Waals surface area contributed by atoms with E-state index in [9.17, 15) is 9.90 Å². The van der Waals surface area contributed by atoms with Crippen LogP contribution in [0.3, 0.4) is 0 Å². The second kappa shape index (κ2) is 6.97. The van der Waals surface area contributed by atoms with Crippen LogP contribution in [0.5, 0.6) is 0 Å². The number of rotatable bonds is 7. The van der Waals surface area contributed by atoms with Crippen molar-refractivity contribution in [3.63, 3.8) is 0 Å². The van der Waals surface area contributed by atoms with Gasteiger partial charge in [-0.15, -0.1) is 0 Å². The van der Waals surface area contributed by atoms with Crippen molar-refractivity contribution in [2.75, 3.05) is 26.8 Å². The van der Waals surface area contributed by atoms with E-state index in [1.54, 1.807) is 11.9 Å². The molecule has 0 atom stereocenters. The molecule has 100 valence electrons. The minimum Gasteiger partial charge on any atom is -0.388 e. The molecule has 0 aromatic carbocycles. The maximum Gasteiger partial charge on any atom is 0.224 e. The topological polar surface area (TPSA) is 49.8 Å². The molecule has 4 heteroatoms. The average molecular weight is 243 g/mol. The van der Waals surface area contributed by atoms with Crippen LogP contribution in [0.1, 0.15) is 45.4 Å². The number of ether oxygens (including phenoxy) is 1. The van der Waals surface area contributed by atoms with E-state index in [4.69, 9.17) is 4.74 Å². The first-order chi connectivity index (χ1) is 8.07. The van der Waals surface area contributed by atoms with Crippen molar-refractivity contribution in [3.05, 3.63) is 0 Å². The zero-order chi connectivity index (χ0) is 12.7. The van der Waals surface area contributed by atoms with Crippen molar-refractivity contribution >= 4 is 5.91 Å². The Bertz CT molecular complexity index is 237. The SMILES string of the molecule is CCCOCCC(=O)N(C)CC1(O)CCCC1. The van der Waals surface area contributed by atoms with Crippen LogP contribution in [0.25, 0.3) is 0 Å². The van der Waals surface area contributed by atoms with Crippen molar-refractivity contribution in [1.82, 2.24) is 4.90 Å². The lowest BCUT2D eigenvalue weighted by Gasteiger charge is -2.28. The summed E-state index contributed by atoms with van der Waals surface area (Å²) in [4.78, 5) is 13.4. The van der Waals surface area contributed by atoms with Crippen LogP contribution in [0, 0.1) is 0 Å². The maximum absolute atomic E-state index is 11.8. The van der Waals surface area contributed by atoms with Gasteiger partial charge < -0.3 is 14.7 Å². The molecule has 1 aliphatic rings. The summed E-state index contributed by atoms with van der Waals surface area (Å²) in [6.45, 7) is 3.69. The first-order valence-corrected chi connectivity index (χ1v) is 6.61. The molecule has 17 heavy (non-hydrogen) atoms. The van der Waals surface area contributed by atoms with Crippen molar-refractivity contribution in [2.45, 2.75) is 51.0 Å². The number of carbonyl (C=O) groups is 1. The smallest absolute Gasteiger partial charge is 0.224 e. The minimum atomic E-state index is -0.644. The van der Waals surface area contributed by atoms with E-state index in [2.05, 4.69) is 0 Å². The molecule has 1 saturated carbocycles. The van der Waals surface area contributed by atoms with Gasteiger partial charge in [0.05, 0.1) is 18.6 Å². The van der Waals surface area contributed by atoms with Crippen LogP contribution in [-0.4, -0.2) is 48.3 Å². The van der Waals surface area contributed by atoms with Crippen LogP contribution in [0.2, 0.25) is 0 Å². The molecule has 1 aliphatic carbocycles. The van der Waals surface area contributed by atoms with Crippen LogP contribution in [0.4, 0.5) is 0 Å². The first-order valence-electron chi connectivity index (χ1n) is 6.61. The highest BCUT2D eigenvalue weighted by atomic mass is 16.5. The molecule has 1 N–H and O–H groups in total. The van der Waals surface area contributed by atoms with Crippen molar-refractivity contribution in [3.8, 4) is 0 Å². The molecule has 0 saturated heterocycles. The summed E-state index contributed by atoms with van der Waals surface area (Å²) in [5.74, 6) is 0.0569. The third kappa shape index (κ3) is 5.04. The molecule has 0 aromatic rings. The standard InChI is InChI=1S/C13H25NO3/c1-3-9-17-10-6-12(15)14(2)11-13(16)7-4-5-8-13/h16H,3-11H2,1-2H3. The number of aliphatic hydroxyl groups is 1. The second-order valence-corrected chi connectivity index (χ2v) is 5.04. The number of nitrogens with zero attached hydrogens (tertiary/aromatic N) is 1. The van der Waals surface area contributed by atoms with Gasteiger partial charge in [0.25, 0.3) is 0 Å². The van der Waals surface area contributed by atoms with Crippen molar-refractivity contribution in [1.29, 1.82) is 0 Å². The van der Waals surface area contributed by atoms with E-state index >= 15 is 0 Å². The predicted octanol–water partition coefficient (Wildman–Crippen LogP) is 1.57. The summed E-state index contributed by atoms with van der Waals surface area (Å²) < 4.78 is 5.29. The van der Waals surface area contributed by atoms with Crippen LogP contribution < -0.4 is 0 Å². The summed E-state index contributed by atoms with van der Waals surface area (Å²) in [5, 5.41) is 10.2. The Morgan fingerprint density at radius 2 is 2.00 bits per heavy atom. The molecular formula is C13H25NO3. The van der Waals surface area contributed by atoms with Crippen molar-refractivity contribution < 1.29 is 14.6 Å². The lowest BCUT2D eigenvalue weighted by molar-refractivity contribution is -0.134. The van der Waals surface area contributed by atoms with Gasteiger partial charge >= 0.3 is 0 Å². The highest BCUT2D eigenvalue weighted by molar-refractivity contribution is 5.76. The number of hydrogen-bond acceptors (Lipinski definition) is 3. The number of carbonyl (C=O) groups excluding carboxylic acids is 1. The quantitative estimate of drug-likeness (QED) is 0.690. The fraction of sp³-hybridized carbons (Fsp3) is 0.923. The summed E-state index contributed by atoms with van der Waals surface area (Å²) >= 11 is 0. The van der Waals surface area contributed by atoms with Gasteiger partial charge in [-0.25, -0.2) is 0 Å². The molecule has 4 nitrogen and oxygen atoms in total. The van der Waals surface area contributed by atoms with E-state index in [1.807, 2.05) is 6.92 Å². The molecule has 0 spiro atoms. The molecule has 0 aliphatic heterocycles. The average Bonchev–Trinajstić information content (AvgIpc) is 2.70. The largest absolute Gasteiger partial charge is 0.388 e. The van der Waals surface area contributed by atoms with Crippen molar-refractivity contribution in [2.24, 2.45) is 0 Å². The Kier molecular flexibility index (Phi) is 5.92. The third-order valence-corrected chi connectivity index (χ3v) is 3.30. The van der Waals surface area contributed by atoms with Gasteiger partial charge in [0.15, 0.2) is 0 Å². The minimum absolute atomic E-state index is 0.0569. The summed E-state index contributed by atoms with van der Waals surface area (Å²) in [6.07, 6.45) is 5.15. The van der Waals surface area contributed by atoms with E-state index in [1.165, 1.54) is 0 Å². The Labute approximate surface area is 104 Å². The Morgan fingerprint density at radius 1 is 1.35 bits per heavy atom. The normalized spacial score (nSPS) is 18.3. The molecule has 0 radical (unpaired) electrons. The van der Waals surface area contributed by atoms with Crippen LogP contribution >= 0.6 is 0 Å². The lowest BCUT2D eigenvalue weighted by Crippen LogP contribution is -2.42. The summed E-state index contributed by atoms with van der Waals surface area (Å²) in [6, 6.07) is 0. The first kappa shape index (κ1) is 14.5. The van der Waals surface area contributed by atoms with E-state index in [0.29, 0.717) is 26.2 Å². The highest BCUT2D eigenvalue weighted by Crippen LogP contribution is 2.29. The molecule has 1 fully saturated rings. The monoisotopic (exact) mass is 243 g/mol. The second-order valence-electron chi connectivity index (χ2n) is 5.04. The molecule has 0 bridgehead atoms. The Morgan fingerprint density at radius 3 is 2.59 bits per heavy atom. The fourth-order valence-electron chi connectivity index (χ4n) is 2.32. The molecule has 0 heterocycles. The van der Waals surface area contributed by atoms with Crippen LogP contribution in [-0.2, 0) is 9.53 Å². The fourth-order valence-corrected chi connectivity index (χ4v) is 2.32. The van der Waals surface area contributed by atoms with Gasteiger partial charge in [-0.3, -0.25) is 4.79 Å². The molecule has 1 amide bonds. The molecule has 1 rings (SSSR count). The van der Waals surface area contributed by atoms with Gasteiger partial charge in [0, 0.05) is 20.2 Å². The van der Waals surface area contributed by atoms with Gasteiger partial charge in [0.2, 0.25) is 5.91 Å². The van der Waals surface area contributed by atoms with E-state index in [-0.39, 0.29) is 5.91 Å². The van der Waals surface area contributed by atoms with Crippen LogP contribution in [0.15, 0.2) is 0 Å². The van der Waals surface area contributed by atoms with Gasteiger partial charge in [-0.1, -0.05) is 19.8 Å². The number of likely N-dealkylation sites (N-methyl/N-ethyl adjacent to an activating group) is 1.